The summed E-state index contributed by atoms with van der Waals surface area (Å²) in [6.45, 7) is 4.36. The molecule has 0 unspecified atom stereocenters. The van der Waals surface area contributed by atoms with Crippen LogP contribution >= 0.6 is 0 Å². The fraction of sp³-hybridized carbons (Fsp3) is 0.458. The van der Waals surface area contributed by atoms with Crippen LogP contribution in [0.4, 0.5) is 0 Å². The predicted molar refractivity (Wildman–Crippen MR) is 120 cm³/mol. The largest absolute Gasteiger partial charge is 0.494 e. The molecule has 0 aliphatic carbocycles. The van der Waals surface area contributed by atoms with Gasteiger partial charge in [-0.1, -0.05) is 0 Å². The minimum Gasteiger partial charge on any atom is -0.494 e. The molecule has 3 rings (SSSR count). The van der Waals surface area contributed by atoms with Gasteiger partial charge < -0.3 is 18.8 Å². The molecule has 7 nitrogen and oxygen atoms in total. The molecule has 0 radical (unpaired) electrons. The van der Waals surface area contributed by atoms with Gasteiger partial charge in [-0.25, -0.2) is 4.98 Å². The molecule has 0 atom stereocenters. The van der Waals surface area contributed by atoms with Crippen LogP contribution in [-0.4, -0.2) is 47.4 Å². The Morgan fingerprint density at radius 1 is 1.10 bits per heavy atom. The second-order valence-electron chi connectivity index (χ2n) is 7.29. The molecule has 2 aromatic heterocycles. The predicted octanol–water partition coefficient (Wildman–Crippen LogP) is 4.64. The van der Waals surface area contributed by atoms with Gasteiger partial charge in [0, 0.05) is 50.7 Å². The van der Waals surface area contributed by atoms with Gasteiger partial charge in [-0.2, -0.15) is 0 Å². The first-order valence-electron chi connectivity index (χ1n) is 10.9. The molecule has 0 saturated heterocycles. The first-order valence-corrected chi connectivity index (χ1v) is 10.9. The first kappa shape index (κ1) is 22.7. The highest BCUT2D eigenvalue weighted by molar-refractivity contribution is 5.82. The number of aromatic nitrogens is 3. The van der Waals surface area contributed by atoms with Crippen molar-refractivity contribution in [2.24, 2.45) is 0 Å². The van der Waals surface area contributed by atoms with E-state index in [1.807, 2.05) is 43.5 Å². The summed E-state index contributed by atoms with van der Waals surface area (Å²) in [6, 6.07) is 9.95. The number of ether oxygens (including phenoxy) is 3. The lowest BCUT2D eigenvalue weighted by Crippen LogP contribution is -2.04. The summed E-state index contributed by atoms with van der Waals surface area (Å²) in [5.74, 6) is 1.60. The summed E-state index contributed by atoms with van der Waals surface area (Å²) in [7, 11) is 1.72. The average Bonchev–Trinajstić information content (AvgIpc) is 3.15. The minimum atomic E-state index is -0.125. The van der Waals surface area contributed by atoms with Crippen LogP contribution in [0, 0.1) is 0 Å². The number of methoxy groups -OCH3 is 1. The number of aryl methyl sites for hydroxylation is 1. The van der Waals surface area contributed by atoms with Crippen molar-refractivity contribution in [1.82, 2.24) is 14.5 Å². The number of fused-ring (bicyclic) bond motifs is 1. The Labute approximate surface area is 183 Å². The number of carbonyl (C=O) groups excluding carboxylic acids is 1. The quantitative estimate of drug-likeness (QED) is 0.293. The SMILES string of the molecule is CCOC(=O)CCCCCOc1ccc2nc(-c3cccnc3)n(CCCOC)c2c1. The van der Waals surface area contributed by atoms with Crippen LogP contribution < -0.4 is 4.74 Å². The normalized spacial score (nSPS) is 11.0. The molecule has 0 fully saturated rings. The lowest BCUT2D eigenvalue weighted by atomic mass is 10.2. The molecule has 31 heavy (non-hydrogen) atoms. The summed E-state index contributed by atoms with van der Waals surface area (Å²) in [4.78, 5) is 20.5. The van der Waals surface area contributed by atoms with Crippen LogP contribution in [-0.2, 0) is 20.8 Å². The van der Waals surface area contributed by atoms with Gasteiger partial charge in [0.05, 0.1) is 24.2 Å². The maximum Gasteiger partial charge on any atom is 0.305 e. The molecule has 2 heterocycles. The standard InChI is InChI=1S/C24H31N3O4/c1-3-30-23(28)10-5-4-6-16-31-20-11-12-21-22(17-20)27(14-8-15-29-2)24(26-21)19-9-7-13-25-18-19/h7,9,11-13,17-18H,3-6,8,10,14-16H2,1-2H3. The van der Waals surface area contributed by atoms with Crippen molar-refractivity contribution >= 4 is 17.0 Å². The van der Waals surface area contributed by atoms with E-state index < -0.39 is 0 Å². The van der Waals surface area contributed by atoms with Gasteiger partial charge in [0.25, 0.3) is 0 Å². The van der Waals surface area contributed by atoms with Crippen molar-refractivity contribution in [3.8, 4) is 17.1 Å². The van der Waals surface area contributed by atoms with Crippen LogP contribution in [0.15, 0.2) is 42.7 Å². The lowest BCUT2D eigenvalue weighted by molar-refractivity contribution is -0.143. The van der Waals surface area contributed by atoms with Crippen molar-refractivity contribution < 1.29 is 19.0 Å². The summed E-state index contributed by atoms with van der Waals surface area (Å²) in [5.41, 5.74) is 2.95. The Kier molecular flexibility index (Phi) is 8.84. The summed E-state index contributed by atoms with van der Waals surface area (Å²) < 4.78 is 18.4. The topological polar surface area (TPSA) is 75.5 Å². The molecule has 3 aromatic rings. The monoisotopic (exact) mass is 425 g/mol. The van der Waals surface area contributed by atoms with Crippen molar-refractivity contribution in [3.05, 3.63) is 42.7 Å². The fourth-order valence-corrected chi connectivity index (χ4v) is 3.47. The molecule has 0 amide bonds. The number of hydrogen-bond acceptors (Lipinski definition) is 6. The number of nitrogens with zero attached hydrogens (tertiary/aromatic N) is 3. The lowest BCUT2D eigenvalue weighted by Gasteiger charge is -2.10. The van der Waals surface area contributed by atoms with E-state index in [0.717, 1.165) is 60.4 Å². The molecule has 166 valence electrons. The Morgan fingerprint density at radius 3 is 2.77 bits per heavy atom. The highest BCUT2D eigenvalue weighted by atomic mass is 16.5. The highest BCUT2D eigenvalue weighted by Gasteiger charge is 2.13. The molecule has 0 aliphatic heterocycles. The molecule has 0 saturated carbocycles. The maximum absolute atomic E-state index is 11.4. The Morgan fingerprint density at radius 2 is 2.00 bits per heavy atom. The Balaban J connectivity index is 1.66. The van der Waals surface area contributed by atoms with Crippen LogP contribution in [0.3, 0.4) is 0 Å². The van der Waals surface area contributed by atoms with Crippen LogP contribution in [0.25, 0.3) is 22.4 Å². The number of rotatable bonds is 13. The van der Waals surface area contributed by atoms with Gasteiger partial charge in [0.2, 0.25) is 0 Å². The van der Waals surface area contributed by atoms with Crippen molar-refractivity contribution in [1.29, 1.82) is 0 Å². The number of hydrogen-bond donors (Lipinski definition) is 0. The van der Waals surface area contributed by atoms with Gasteiger partial charge in [-0.05, 0) is 56.9 Å². The zero-order chi connectivity index (χ0) is 21.9. The molecule has 1 aromatic carbocycles. The number of benzene rings is 1. The zero-order valence-corrected chi connectivity index (χ0v) is 18.4. The third-order valence-electron chi connectivity index (χ3n) is 4.97. The minimum absolute atomic E-state index is 0.125. The second kappa shape index (κ2) is 12.1. The maximum atomic E-state index is 11.4. The van der Waals surface area contributed by atoms with E-state index >= 15 is 0 Å². The summed E-state index contributed by atoms with van der Waals surface area (Å²) in [5, 5.41) is 0. The molecule has 0 aliphatic rings. The van der Waals surface area contributed by atoms with E-state index in [4.69, 9.17) is 19.2 Å². The van der Waals surface area contributed by atoms with Crippen molar-refractivity contribution in [3.63, 3.8) is 0 Å². The van der Waals surface area contributed by atoms with E-state index in [9.17, 15) is 4.79 Å². The highest BCUT2D eigenvalue weighted by Crippen LogP contribution is 2.28. The zero-order valence-electron chi connectivity index (χ0n) is 18.4. The van der Waals surface area contributed by atoms with E-state index in [1.54, 1.807) is 13.3 Å². The van der Waals surface area contributed by atoms with Crippen molar-refractivity contribution in [2.75, 3.05) is 26.9 Å². The number of esters is 1. The third kappa shape index (κ3) is 6.52. The molecule has 0 spiro atoms. The fourth-order valence-electron chi connectivity index (χ4n) is 3.47. The smallest absolute Gasteiger partial charge is 0.305 e. The van der Waals surface area contributed by atoms with Crippen molar-refractivity contribution in [2.45, 2.75) is 45.6 Å². The van der Waals surface area contributed by atoms with Gasteiger partial charge in [0.1, 0.15) is 11.6 Å². The molecule has 7 heteroatoms. The third-order valence-corrected chi connectivity index (χ3v) is 4.97. The van der Waals surface area contributed by atoms with E-state index in [1.165, 1.54) is 0 Å². The molecule has 0 bridgehead atoms. The van der Waals surface area contributed by atoms with Crippen LogP contribution in [0.1, 0.15) is 39.0 Å². The number of unbranched alkanes of at least 4 members (excludes halogenated alkanes) is 2. The summed E-state index contributed by atoms with van der Waals surface area (Å²) >= 11 is 0. The van der Waals surface area contributed by atoms with E-state index in [-0.39, 0.29) is 5.97 Å². The molecule has 0 N–H and O–H groups in total. The second-order valence-corrected chi connectivity index (χ2v) is 7.29. The number of imidazole rings is 1. The van der Waals surface area contributed by atoms with E-state index in [2.05, 4.69) is 9.55 Å². The summed E-state index contributed by atoms with van der Waals surface area (Å²) in [6.07, 6.45) is 7.61. The molecular formula is C24H31N3O4. The first-order chi connectivity index (χ1) is 15.2. The van der Waals surface area contributed by atoms with Gasteiger partial charge >= 0.3 is 5.97 Å². The molecular weight excluding hydrogens is 394 g/mol. The van der Waals surface area contributed by atoms with E-state index in [0.29, 0.717) is 26.2 Å². The Bertz CT molecular complexity index is 956. The Hall–Kier alpha value is -2.93. The number of pyridine rings is 1. The number of carbonyl (C=O) groups is 1. The van der Waals surface area contributed by atoms with Crippen LogP contribution in [0.2, 0.25) is 0 Å². The van der Waals surface area contributed by atoms with Gasteiger partial charge in [0.15, 0.2) is 0 Å². The van der Waals surface area contributed by atoms with Gasteiger partial charge in [-0.15, -0.1) is 0 Å². The van der Waals surface area contributed by atoms with Crippen LogP contribution in [0.5, 0.6) is 5.75 Å². The van der Waals surface area contributed by atoms with Gasteiger partial charge in [-0.3, -0.25) is 9.78 Å². The average molecular weight is 426 g/mol.